The summed E-state index contributed by atoms with van der Waals surface area (Å²) in [4.78, 5) is 15.5. The van der Waals surface area contributed by atoms with Gasteiger partial charge in [0, 0.05) is 6.07 Å². The Balaban J connectivity index is 2.72. The Hall–Kier alpha value is -1.30. The van der Waals surface area contributed by atoms with Gasteiger partial charge in [-0.15, -0.1) is 0 Å². The average Bonchev–Trinajstić information content (AvgIpc) is 2.18. The molecule has 0 aliphatic carbocycles. The molecule has 0 fully saturated rings. The highest BCUT2D eigenvalue weighted by molar-refractivity contribution is 9.10. The number of nitrogens with zero attached hydrogens (tertiary/aromatic N) is 1. The van der Waals surface area contributed by atoms with Crippen LogP contribution in [0.25, 0.3) is 0 Å². The predicted octanol–water partition coefficient (Wildman–Crippen LogP) is 3.20. The molecule has 0 saturated carbocycles. The van der Waals surface area contributed by atoms with Crippen LogP contribution in [-0.4, -0.2) is 23.8 Å². The molecule has 0 spiro atoms. The first-order valence-electron chi connectivity index (χ1n) is 5.01. The quantitative estimate of drug-likeness (QED) is 0.852. The number of amides is 1. The molecule has 0 aromatic carbocycles. The lowest BCUT2D eigenvalue weighted by molar-refractivity contribution is 0.0636. The van der Waals surface area contributed by atoms with Gasteiger partial charge in [-0.3, -0.25) is 5.32 Å². The van der Waals surface area contributed by atoms with E-state index >= 15 is 0 Å². The SMILES string of the molecule is COc1cc(NC(=O)OC(C)(C)C)cnc1Br. The largest absolute Gasteiger partial charge is 0.494 e. The van der Waals surface area contributed by atoms with E-state index in [9.17, 15) is 4.79 Å². The lowest BCUT2D eigenvalue weighted by Crippen LogP contribution is -2.27. The first-order valence-corrected chi connectivity index (χ1v) is 5.80. The number of carbonyl (C=O) groups excluding carboxylic acids is 1. The molecule has 0 bridgehead atoms. The minimum absolute atomic E-state index is 0.513. The van der Waals surface area contributed by atoms with Crippen molar-refractivity contribution in [2.75, 3.05) is 12.4 Å². The monoisotopic (exact) mass is 302 g/mol. The van der Waals surface area contributed by atoms with Crippen LogP contribution in [0.5, 0.6) is 5.75 Å². The van der Waals surface area contributed by atoms with Gasteiger partial charge in [-0.05, 0) is 36.7 Å². The Morgan fingerprint density at radius 3 is 2.65 bits per heavy atom. The first-order chi connectivity index (χ1) is 7.81. The van der Waals surface area contributed by atoms with Crippen molar-refractivity contribution < 1.29 is 14.3 Å². The van der Waals surface area contributed by atoms with Gasteiger partial charge in [-0.25, -0.2) is 9.78 Å². The zero-order chi connectivity index (χ0) is 13.1. The molecule has 1 amide bonds. The predicted molar refractivity (Wildman–Crippen MR) is 68.3 cm³/mol. The Morgan fingerprint density at radius 2 is 2.12 bits per heavy atom. The second kappa shape index (κ2) is 5.35. The lowest BCUT2D eigenvalue weighted by Gasteiger charge is -2.19. The molecule has 1 heterocycles. The molecule has 6 heteroatoms. The van der Waals surface area contributed by atoms with E-state index in [0.717, 1.165) is 0 Å². The highest BCUT2D eigenvalue weighted by Crippen LogP contribution is 2.25. The van der Waals surface area contributed by atoms with Crippen molar-refractivity contribution in [1.29, 1.82) is 0 Å². The third-order valence-corrected chi connectivity index (χ3v) is 2.27. The van der Waals surface area contributed by atoms with Gasteiger partial charge >= 0.3 is 6.09 Å². The molecular formula is C11H15BrN2O3. The molecule has 94 valence electrons. The van der Waals surface area contributed by atoms with E-state index in [1.54, 1.807) is 26.8 Å². The molecular weight excluding hydrogens is 288 g/mol. The summed E-state index contributed by atoms with van der Waals surface area (Å²) in [5.41, 5.74) is -0.0176. The molecule has 1 N–H and O–H groups in total. The summed E-state index contributed by atoms with van der Waals surface area (Å²) in [7, 11) is 1.53. The van der Waals surface area contributed by atoms with Crippen LogP contribution in [0.1, 0.15) is 20.8 Å². The van der Waals surface area contributed by atoms with Gasteiger partial charge in [0.15, 0.2) is 5.75 Å². The number of aromatic nitrogens is 1. The molecule has 1 aromatic rings. The third kappa shape index (κ3) is 4.60. The highest BCUT2D eigenvalue weighted by Gasteiger charge is 2.16. The van der Waals surface area contributed by atoms with Gasteiger partial charge in [0.05, 0.1) is 19.0 Å². The number of anilines is 1. The maximum Gasteiger partial charge on any atom is 0.412 e. The topological polar surface area (TPSA) is 60.5 Å². The van der Waals surface area contributed by atoms with Gasteiger partial charge in [0.2, 0.25) is 0 Å². The minimum atomic E-state index is -0.531. The number of halogens is 1. The summed E-state index contributed by atoms with van der Waals surface area (Å²) < 4.78 is 10.8. The van der Waals surface area contributed by atoms with E-state index in [1.165, 1.54) is 13.3 Å². The van der Waals surface area contributed by atoms with Crippen LogP contribution in [0.3, 0.4) is 0 Å². The molecule has 0 aliphatic heterocycles. The highest BCUT2D eigenvalue weighted by atomic mass is 79.9. The second-order valence-corrected chi connectivity index (χ2v) is 5.10. The summed E-state index contributed by atoms with van der Waals surface area (Å²) in [6.07, 6.45) is 0.986. The van der Waals surface area contributed by atoms with Crippen LogP contribution >= 0.6 is 15.9 Å². The fourth-order valence-corrected chi connectivity index (χ4v) is 1.44. The molecule has 0 radical (unpaired) electrons. The van der Waals surface area contributed by atoms with Crippen LogP contribution in [0.4, 0.5) is 10.5 Å². The van der Waals surface area contributed by atoms with Crippen LogP contribution in [0.2, 0.25) is 0 Å². The first kappa shape index (κ1) is 13.8. The van der Waals surface area contributed by atoms with Crippen molar-refractivity contribution in [2.24, 2.45) is 0 Å². The van der Waals surface area contributed by atoms with E-state index in [1.807, 2.05) is 0 Å². The Kier molecular flexibility index (Phi) is 4.34. The molecule has 17 heavy (non-hydrogen) atoms. The number of rotatable bonds is 2. The normalized spacial score (nSPS) is 10.9. The minimum Gasteiger partial charge on any atom is -0.494 e. The summed E-state index contributed by atoms with van der Waals surface area (Å²) in [6, 6.07) is 1.65. The van der Waals surface area contributed by atoms with Crippen molar-refractivity contribution in [1.82, 2.24) is 4.98 Å². The number of hydrogen-bond donors (Lipinski definition) is 1. The molecule has 1 rings (SSSR count). The van der Waals surface area contributed by atoms with Crippen molar-refractivity contribution in [2.45, 2.75) is 26.4 Å². The van der Waals surface area contributed by atoms with Crippen LogP contribution in [0, 0.1) is 0 Å². The van der Waals surface area contributed by atoms with E-state index in [-0.39, 0.29) is 0 Å². The van der Waals surface area contributed by atoms with Gasteiger partial charge in [0.1, 0.15) is 10.2 Å². The van der Waals surface area contributed by atoms with Crippen molar-refractivity contribution >= 4 is 27.7 Å². The fourth-order valence-electron chi connectivity index (χ4n) is 1.06. The molecule has 1 aromatic heterocycles. The molecule has 0 aliphatic rings. The summed E-state index contributed by atoms with van der Waals surface area (Å²) in [5, 5.41) is 2.58. The average molecular weight is 303 g/mol. The van der Waals surface area contributed by atoms with Crippen LogP contribution in [-0.2, 0) is 4.74 Å². The van der Waals surface area contributed by atoms with Crippen molar-refractivity contribution in [3.8, 4) is 5.75 Å². The Bertz CT molecular complexity index is 416. The van der Waals surface area contributed by atoms with E-state index in [0.29, 0.717) is 16.0 Å². The van der Waals surface area contributed by atoms with Crippen molar-refractivity contribution in [3.05, 3.63) is 16.9 Å². The van der Waals surface area contributed by atoms with E-state index in [2.05, 4.69) is 26.2 Å². The number of methoxy groups -OCH3 is 1. The summed E-state index contributed by atoms with van der Waals surface area (Å²) >= 11 is 3.23. The number of pyridine rings is 1. The van der Waals surface area contributed by atoms with E-state index in [4.69, 9.17) is 9.47 Å². The van der Waals surface area contributed by atoms with Crippen LogP contribution < -0.4 is 10.1 Å². The zero-order valence-corrected chi connectivity index (χ0v) is 11.8. The number of nitrogens with one attached hydrogen (secondary N) is 1. The maximum atomic E-state index is 11.5. The molecule has 5 nitrogen and oxygen atoms in total. The summed E-state index contributed by atoms with van der Waals surface area (Å²) in [6.45, 7) is 5.40. The third-order valence-electron chi connectivity index (χ3n) is 1.67. The van der Waals surface area contributed by atoms with Crippen molar-refractivity contribution in [3.63, 3.8) is 0 Å². The standard InChI is InChI=1S/C11H15BrN2O3/c1-11(2,3)17-10(15)14-7-5-8(16-4)9(12)13-6-7/h5-6H,1-4H3,(H,14,15). The maximum absolute atomic E-state index is 11.5. The van der Waals surface area contributed by atoms with Crippen LogP contribution in [0.15, 0.2) is 16.9 Å². The van der Waals surface area contributed by atoms with Gasteiger partial charge in [-0.2, -0.15) is 0 Å². The number of hydrogen-bond acceptors (Lipinski definition) is 4. The Morgan fingerprint density at radius 1 is 1.47 bits per heavy atom. The smallest absolute Gasteiger partial charge is 0.412 e. The zero-order valence-electron chi connectivity index (χ0n) is 10.2. The van der Waals surface area contributed by atoms with Gasteiger partial charge < -0.3 is 9.47 Å². The molecule has 0 unspecified atom stereocenters. The number of carbonyl (C=O) groups is 1. The second-order valence-electron chi connectivity index (χ2n) is 4.34. The Labute approximate surface area is 109 Å². The summed E-state index contributed by atoms with van der Waals surface area (Å²) in [5.74, 6) is 0.540. The molecule has 0 atom stereocenters. The molecule has 0 saturated heterocycles. The fraction of sp³-hybridized carbons (Fsp3) is 0.455. The number of ether oxygens (including phenoxy) is 2. The van der Waals surface area contributed by atoms with E-state index < -0.39 is 11.7 Å². The lowest BCUT2D eigenvalue weighted by atomic mass is 10.2. The van der Waals surface area contributed by atoms with Gasteiger partial charge in [0.25, 0.3) is 0 Å². The van der Waals surface area contributed by atoms with Gasteiger partial charge in [-0.1, -0.05) is 0 Å².